The maximum Gasteiger partial charge on any atom is 0.280 e. The van der Waals surface area contributed by atoms with E-state index in [1.807, 2.05) is 0 Å². The highest BCUT2D eigenvalue weighted by molar-refractivity contribution is 4.68. The number of aliphatic hydroxyl groups is 1. The number of hydrogen-bond acceptors (Lipinski definition) is 3. The van der Waals surface area contributed by atoms with E-state index in [9.17, 15) is 5.11 Å². The number of hydrogen-bond donors (Lipinski definition) is 1. The molecule has 0 unspecified atom stereocenters. The van der Waals surface area contributed by atoms with Crippen LogP contribution in [0.5, 0.6) is 0 Å². The van der Waals surface area contributed by atoms with Gasteiger partial charge in [0.1, 0.15) is 0 Å². The standard InChI is InChI=1S/C9H16O3/c1-4-7-11-9(10,6-3)12-8-5-2/h4-5,10H,1-2,6-8H2,3H3. The summed E-state index contributed by atoms with van der Waals surface area (Å²) in [6, 6.07) is 0. The molecule has 0 atom stereocenters. The first-order valence-corrected chi connectivity index (χ1v) is 3.90. The number of rotatable bonds is 7. The predicted octanol–water partition coefficient (Wildman–Crippen LogP) is 1.45. The first kappa shape index (κ1) is 11.4. The van der Waals surface area contributed by atoms with Gasteiger partial charge < -0.3 is 14.6 Å². The van der Waals surface area contributed by atoms with Gasteiger partial charge in [-0.2, -0.15) is 0 Å². The Labute approximate surface area is 73.3 Å². The van der Waals surface area contributed by atoms with Gasteiger partial charge >= 0.3 is 0 Å². The molecule has 0 aromatic heterocycles. The minimum atomic E-state index is -1.50. The van der Waals surface area contributed by atoms with Gasteiger partial charge in [-0.15, -0.1) is 13.2 Å². The summed E-state index contributed by atoms with van der Waals surface area (Å²) in [5.74, 6) is -1.50. The Balaban J connectivity index is 3.84. The normalized spacial score (nSPS) is 11.2. The minimum Gasteiger partial charge on any atom is -0.343 e. The molecule has 0 rings (SSSR count). The van der Waals surface area contributed by atoms with Crippen molar-refractivity contribution in [1.82, 2.24) is 0 Å². The Morgan fingerprint density at radius 2 is 1.67 bits per heavy atom. The van der Waals surface area contributed by atoms with Crippen molar-refractivity contribution in [2.24, 2.45) is 0 Å². The van der Waals surface area contributed by atoms with Crippen molar-refractivity contribution < 1.29 is 14.6 Å². The lowest BCUT2D eigenvalue weighted by Crippen LogP contribution is -2.35. The van der Waals surface area contributed by atoms with E-state index in [1.165, 1.54) is 0 Å². The average molecular weight is 172 g/mol. The van der Waals surface area contributed by atoms with Crippen LogP contribution in [-0.2, 0) is 9.47 Å². The van der Waals surface area contributed by atoms with Crippen molar-refractivity contribution >= 4 is 0 Å². The molecule has 1 N–H and O–H groups in total. The summed E-state index contributed by atoms with van der Waals surface area (Å²) in [7, 11) is 0. The summed E-state index contributed by atoms with van der Waals surface area (Å²) in [5, 5.41) is 9.54. The van der Waals surface area contributed by atoms with Crippen LogP contribution in [0.1, 0.15) is 13.3 Å². The van der Waals surface area contributed by atoms with Crippen molar-refractivity contribution in [3.05, 3.63) is 25.3 Å². The van der Waals surface area contributed by atoms with E-state index in [2.05, 4.69) is 13.2 Å². The van der Waals surface area contributed by atoms with Gasteiger partial charge in [-0.05, 0) is 0 Å². The van der Waals surface area contributed by atoms with Gasteiger partial charge in [0.25, 0.3) is 5.97 Å². The summed E-state index contributed by atoms with van der Waals surface area (Å²) >= 11 is 0. The lowest BCUT2D eigenvalue weighted by Gasteiger charge is -2.25. The first-order chi connectivity index (χ1) is 5.68. The molecule has 0 aliphatic carbocycles. The fourth-order valence-electron chi connectivity index (χ4n) is 0.624. The molecule has 0 saturated carbocycles. The van der Waals surface area contributed by atoms with Crippen molar-refractivity contribution in [2.75, 3.05) is 13.2 Å². The molecule has 0 aliphatic heterocycles. The maximum atomic E-state index is 9.54. The third kappa shape index (κ3) is 4.28. The smallest absolute Gasteiger partial charge is 0.280 e. The van der Waals surface area contributed by atoms with Crippen LogP contribution in [-0.4, -0.2) is 24.3 Å². The molecular formula is C9H16O3. The lowest BCUT2D eigenvalue weighted by atomic mass is 10.4. The highest BCUT2D eigenvalue weighted by atomic mass is 16.8. The monoisotopic (exact) mass is 172 g/mol. The predicted molar refractivity (Wildman–Crippen MR) is 47.5 cm³/mol. The Kier molecular flexibility index (Phi) is 5.62. The van der Waals surface area contributed by atoms with Crippen LogP contribution in [0.25, 0.3) is 0 Å². The average Bonchev–Trinajstić information content (AvgIpc) is 2.11. The van der Waals surface area contributed by atoms with Gasteiger partial charge in [0.2, 0.25) is 0 Å². The highest BCUT2D eigenvalue weighted by Crippen LogP contribution is 2.13. The van der Waals surface area contributed by atoms with Gasteiger partial charge in [-0.3, -0.25) is 0 Å². The SMILES string of the molecule is C=CCOC(O)(CC)OCC=C. The van der Waals surface area contributed by atoms with E-state index >= 15 is 0 Å². The first-order valence-electron chi connectivity index (χ1n) is 3.90. The fraction of sp³-hybridized carbons (Fsp3) is 0.556. The van der Waals surface area contributed by atoms with E-state index in [0.717, 1.165) is 0 Å². The molecule has 0 bridgehead atoms. The van der Waals surface area contributed by atoms with Crippen molar-refractivity contribution in [3.63, 3.8) is 0 Å². The zero-order valence-corrected chi connectivity index (χ0v) is 7.45. The Hall–Kier alpha value is -0.640. The molecule has 3 heteroatoms. The largest absolute Gasteiger partial charge is 0.343 e. The summed E-state index contributed by atoms with van der Waals surface area (Å²) in [6.45, 7) is 9.23. The van der Waals surface area contributed by atoms with Crippen LogP contribution in [0.15, 0.2) is 25.3 Å². The summed E-state index contributed by atoms with van der Waals surface area (Å²) in [5.41, 5.74) is 0. The highest BCUT2D eigenvalue weighted by Gasteiger charge is 2.25. The van der Waals surface area contributed by atoms with E-state index in [0.29, 0.717) is 6.42 Å². The molecule has 12 heavy (non-hydrogen) atoms. The van der Waals surface area contributed by atoms with Crippen LogP contribution in [0.3, 0.4) is 0 Å². The molecule has 0 spiro atoms. The van der Waals surface area contributed by atoms with Gasteiger partial charge in [-0.25, -0.2) is 0 Å². The minimum absolute atomic E-state index is 0.265. The molecule has 0 radical (unpaired) electrons. The number of ether oxygens (including phenoxy) is 2. The van der Waals surface area contributed by atoms with Crippen molar-refractivity contribution in [3.8, 4) is 0 Å². The van der Waals surface area contributed by atoms with E-state index in [1.54, 1.807) is 19.1 Å². The molecule has 3 nitrogen and oxygen atoms in total. The fourth-order valence-corrected chi connectivity index (χ4v) is 0.624. The second-order valence-electron chi connectivity index (χ2n) is 2.27. The second kappa shape index (κ2) is 5.94. The summed E-state index contributed by atoms with van der Waals surface area (Å²) < 4.78 is 10.00. The van der Waals surface area contributed by atoms with Crippen LogP contribution in [0, 0.1) is 0 Å². The van der Waals surface area contributed by atoms with Crippen LogP contribution < -0.4 is 0 Å². The van der Waals surface area contributed by atoms with E-state index in [4.69, 9.17) is 9.47 Å². The zero-order chi connectivity index (χ0) is 9.45. The molecule has 70 valence electrons. The van der Waals surface area contributed by atoms with Crippen LogP contribution in [0.2, 0.25) is 0 Å². The molecule has 0 aliphatic rings. The topological polar surface area (TPSA) is 38.7 Å². The zero-order valence-electron chi connectivity index (χ0n) is 7.45. The molecule has 0 aromatic carbocycles. The summed E-state index contributed by atoms with van der Waals surface area (Å²) in [4.78, 5) is 0. The maximum absolute atomic E-state index is 9.54. The van der Waals surface area contributed by atoms with E-state index in [-0.39, 0.29) is 13.2 Å². The molecule has 0 saturated heterocycles. The Morgan fingerprint density at radius 1 is 1.25 bits per heavy atom. The van der Waals surface area contributed by atoms with Crippen LogP contribution in [0.4, 0.5) is 0 Å². The van der Waals surface area contributed by atoms with Gasteiger partial charge in [0, 0.05) is 6.42 Å². The van der Waals surface area contributed by atoms with Gasteiger partial charge in [0.05, 0.1) is 13.2 Å². The molecule has 0 fully saturated rings. The Morgan fingerprint density at radius 3 is 1.92 bits per heavy atom. The van der Waals surface area contributed by atoms with E-state index < -0.39 is 5.97 Å². The molecule has 0 aromatic rings. The molecule has 0 amide bonds. The van der Waals surface area contributed by atoms with Crippen LogP contribution >= 0.6 is 0 Å². The third-order valence-corrected chi connectivity index (χ3v) is 1.30. The quantitative estimate of drug-likeness (QED) is 0.466. The Bertz CT molecular complexity index is 131. The van der Waals surface area contributed by atoms with Crippen molar-refractivity contribution in [1.29, 1.82) is 0 Å². The van der Waals surface area contributed by atoms with Gasteiger partial charge in [0.15, 0.2) is 0 Å². The summed E-state index contributed by atoms with van der Waals surface area (Å²) in [6.07, 6.45) is 3.48. The third-order valence-electron chi connectivity index (χ3n) is 1.30. The lowest BCUT2D eigenvalue weighted by molar-refractivity contribution is -0.353. The van der Waals surface area contributed by atoms with Gasteiger partial charge in [-0.1, -0.05) is 19.1 Å². The van der Waals surface area contributed by atoms with Crippen molar-refractivity contribution in [2.45, 2.75) is 19.3 Å². The molecular weight excluding hydrogens is 156 g/mol. The second-order valence-corrected chi connectivity index (χ2v) is 2.27. The molecule has 0 heterocycles.